The minimum absolute atomic E-state index is 0.0242. The molecule has 0 aliphatic carbocycles. The molecule has 0 spiro atoms. The number of hydrogen-bond donors (Lipinski definition) is 2. The largest absolute Gasteiger partial charge is 0.381 e. The summed E-state index contributed by atoms with van der Waals surface area (Å²) < 4.78 is 29.2. The van der Waals surface area contributed by atoms with E-state index in [9.17, 15) is 8.42 Å². The lowest BCUT2D eigenvalue weighted by atomic mass is 10.2. The van der Waals surface area contributed by atoms with Gasteiger partial charge in [-0.1, -0.05) is 15.9 Å². The van der Waals surface area contributed by atoms with Crippen LogP contribution in [-0.2, 0) is 17.1 Å². The van der Waals surface area contributed by atoms with Gasteiger partial charge in [-0.25, -0.2) is 4.98 Å². The van der Waals surface area contributed by atoms with Gasteiger partial charge in [-0.15, -0.1) is 0 Å². The van der Waals surface area contributed by atoms with E-state index in [-0.39, 0.29) is 10.8 Å². The molecular formula is C11H13BrN4O2S. The van der Waals surface area contributed by atoms with Crippen LogP contribution in [0.3, 0.4) is 0 Å². The molecule has 2 aromatic rings. The standard InChI is InChI=1S/C11H13BrN4O2S/c1-7-5-8(3-4-9(7)12)15-19(17,18)11-10(13)14-6-16(11)2/h3-6,15H,13H2,1-2H3. The monoisotopic (exact) mass is 344 g/mol. The third-order valence-corrected chi connectivity index (χ3v) is 4.97. The van der Waals surface area contributed by atoms with Gasteiger partial charge < -0.3 is 10.3 Å². The highest BCUT2D eigenvalue weighted by Gasteiger charge is 2.22. The van der Waals surface area contributed by atoms with E-state index in [4.69, 9.17) is 5.73 Å². The number of halogens is 1. The number of rotatable bonds is 3. The highest BCUT2D eigenvalue weighted by Crippen LogP contribution is 2.23. The number of anilines is 2. The normalized spacial score (nSPS) is 11.5. The Bertz CT molecular complexity index is 705. The second-order valence-corrected chi connectivity index (χ2v) is 6.57. The number of benzene rings is 1. The minimum Gasteiger partial charge on any atom is -0.381 e. The second kappa shape index (κ2) is 4.86. The van der Waals surface area contributed by atoms with E-state index in [0.29, 0.717) is 5.69 Å². The first-order chi connectivity index (χ1) is 8.81. The van der Waals surface area contributed by atoms with Crippen LogP contribution in [0.2, 0.25) is 0 Å². The summed E-state index contributed by atoms with van der Waals surface area (Å²) in [6, 6.07) is 5.18. The summed E-state index contributed by atoms with van der Waals surface area (Å²) in [5, 5.41) is -0.0481. The molecule has 1 aromatic heterocycles. The van der Waals surface area contributed by atoms with E-state index in [2.05, 4.69) is 25.6 Å². The van der Waals surface area contributed by atoms with Crippen molar-refractivity contribution in [3.05, 3.63) is 34.6 Å². The van der Waals surface area contributed by atoms with Gasteiger partial charge in [-0.05, 0) is 30.7 Å². The summed E-state index contributed by atoms with van der Waals surface area (Å²) in [5.74, 6) is -0.0242. The summed E-state index contributed by atoms with van der Waals surface area (Å²) in [7, 11) is -2.18. The topological polar surface area (TPSA) is 90.0 Å². The zero-order valence-electron chi connectivity index (χ0n) is 10.4. The maximum absolute atomic E-state index is 12.2. The Labute approximate surface area is 119 Å². The summed E-state index contributed by atoms with van der Waals surface area (Å²) in [5.41, 5.74) is 6.98. The van der Waals surface area contributed by atoms with Crippen LogP contribution in [0, 0.1) is 6.92 Å². The Morgan fingerprint density at radius 1 is 1.42 bits per heavy atom. The van der Waals surface area contributed by atoms with Crippen LogP contribution in [0.4, 0.5) is 11.5 Å². The van der Waals surface area contributed by atoms with Crippen molar-refractivity contribution in [2.75, 3.05) is 10.5 Å². The maximum atomic E-state index is 12.2. The van der Waals surface area contributed by atoms with Gasteiger partial charge >= 0.3 is 0 Å². The van der Waals surface area contributed by atoms with E-state index >= 15 is 0 Å². The molecule has 0 fully saturated rings. The number of nitrogen functional groups attached to an aromatic ring is 1. The van der Waals surface area contributed by atoms with Gasteiger partial charge in [0.15, 0.2) is 10.8 Å². The molecule has 0 amide bonds. The molecule has 6 nitrogen and oxygen atoms in total. The summed E-state index contributed by atoms with van der Waals surface area (Å²) in [6.45, 7) is 1.88. The molecule has 0 bridgehead atoms. The van der Waals surface area contributed by atoms with Gasteiger partial charge in [-0.2, -0.15) is 8.42 Å². The van der Waals surface area contributed by atoms with Gasteiger partial charge in [0.25, 0.3) is 10.0 Å². The van der Waals surface area contributed by atoms with E-state index < -0.39 is 10.0 Å². The quantitative estimate of drug-likeness (QED) is 0.889. The van der Waals surface area contributed by atoms with Gasteiger partial charge in [-0.3, -0.25) is 4.72 Å². The first kappa shape index (κ1) is 13.9. The Morgan fingerprint density at radius 2 is 2.11 bits per heavy atom. The van der Waals surface area contributed by atoms with Crippen LogP contribution in [0.25, 0.3) is 0 Å². The second-order valence-electron chi connectivity index (χ2n) is 4.12. The van der Waals surface area contributed by atoms with Crippen LogP contribution in [0.5, 0.6) is 0 Å². The lowest BCUT2D eigenvalue weighted by Crippen LogP contribution is -2.17. The molecule has 2 rings (SSSR count). The van der Waals surface area contributed by atoms with Crippen molar-refractivity contribution in [2.24, 2.45) is 7.05 Å². The number of nitrogens with one attached hydrogen (secondary N) is 1. The summed E-state index contributed by atoms with van der Waals surface area (Å²) >= 11 is 3.36. The van der Waals surface area contributed by atoms with E-state index in [0.717, 1.165) is 10.0 Å². The molecule has 3 N–H and O–H groups in total. The first-order valence-corrected chi connectivity index (χ1v) is 7.64. The van der Waals surface area contributed by atoms with Crippen molar-refractivity contribution in [2.45, 2.75) is 11.9 Å². The lowest BCUT2D eigenvalue weighted by Gasteiger charge is -2.10. The molecule has 102 valence electrons. The third-order valence-electron chi connectivity index (χ3n) is 2.57. The van der Waals surface area contributed by atoms with Crippen LogP contribution >= 0.6 is 15.9 Å². The highest BCUT2D eigenvalue weighted by atomic mass is 79.9. The molecule has 0 unspecified atom stereocenters. The number of aryl methyl sites for hydroxylation is 2. The Hall–Kier alpha value is -1.54. The molecule has 0 aliphatic heterocycles. The predicted octanol–water partition coefficient (Wildman–Crippen LogP) is 1.87. The number of sulfonamides is 1. The van der Waals surface area contributed by atoms with E-state index in [1.165, 1.54) is 10.9 Å². The van der Waals surface area contributed by atoms with Crippen LogP contribution in [0.1, 0.15) is 5.56 Å². The van der Waals surface area contributed by atoms with E-state index in [1.54, 1.807) is 25.2 Å². The Morgan fingerprint density at radius 3 is 2.63 bits per heavy atom. The fourth-order valence-electron chi connectivity index (χ4n) is 1.68. The Kier molecular flexibility index (Phi) is 3.55. The number of nitrogens with zero attached hydrogens (tertiary/aromatic N) is 2. The van der Waals surface area contributed by atoms with Crippen molar-refractivity contribution in [3.63, 3.8) is 0 Å². The molecule has 0 aliphatic rings. The van der Waals surface area contributed by atoms with Crippen molar-refractivity contribution in [3.8, 4) is 0 Å². The van der Waals surface area contributed by atoms with Crippen LogP contribution < -0.4 is 10.5 Å². The van der Waals surface area contributed by atoms with Crippen molar-refractivity contribution in [1.29, 1.82) is 0 Å². The van der Waals surface area contributed by atoms with Gasteiger partial charge in [0.1, 0.15) is 0 Å². The van der Waals surface area contributed by atoms with E-state index in [1.807, 2.05) is 6.92 Å². The molecule has 0 saturated heterocycles. The number of hydrogen-bond acceptors (Lipinski definition) is 4. The van der Waals surface area contributed by atoms with Gasteiger partial charge in [0.05, 0.1) is 6.33 Å². The van der Waals surface area contributed by atoms with Crippen LogP contribution in [-0.4, -0.2) is 18.0 Å². The van der Waals surface area contributed by atoms with Crippen LogP contribution in [0.15, 0.2) is 34.0 Å². The number of aromatic nitrogens is 2. The van der Waals surface area contributed by atoms with Crippen molar-refractivity contribution in [1.82, 2.24) is 9.55 Å². The molecule has 0 radical (unpaired) electrons. The molecule has 19 heavy (non-hydrogen) atoms. The fourth-order valence-corrected chi connectivity index (χ4v) is 3.21. The first-order valence-electron chi connectivity index (χ1n) is 5.37. The van der Waals surface area contributed by atoms with Gasteiger partial charge in [0.2, 0.25) is 0 Å². The summed E-state index contributed by atoms with van der Waals surface area (Å²) in [4.78, 5) is 3.77. The fraction of sp³-hybridized carbons (Fsp3) is 0.182. The molecule has 1 aromatic carbocycles. The average molecular weight is 345 g/mol. The molecule has 8 heteroatoms. The zero-order chi connectivity index (χ0) is 14.2. The third kappa shape index (κ3) is 2.74. The minimum atomic E-state index is -3.75. The number of nitrogens with two attached hydrogens (primary N) is 1. The number of imidazole rings is 1. The van der Waals surface area contributed by atoms with Crippen molar-refractivity contribution < 1.29 is 8.42 Å². The van der Waals surface area contributed by atoms with Gasteiger partial charge in [0, 0.05) is 17.2 Å². The van der Waals surface area contributed by atoms with Crippen molar-refractivity contribution >= 4 is 37.5 Å². The lowest BCUT2D eigenvalue weighted by molar-refractivity contribution is 0.592. The highest BCUT2D eigenvalue weighted by molar-refractivity contribution is 9.10. The average Bonchev–Trinajstić information content (AvgIpc) is 2.64. The molecular weight excluding hydrogens is 332 g/mol. The SMILES string of the molecule is Cc1cc(NS(=O)(=O)c2c(N)ncn2C)ccc1Br. The maximum Gasteiger partial charge on any atom is 0.281 e. The predicted molar refractivity (Wildman–Crippen MR) is 77.3 cm³/mol. The molecule has 0 saturated carbocycles. The zero-order valence-corrected chi connectivity index (χ0v) is 12.8. The smallest absolute Gasteiger partial charge is 0.281 e. The summed E-state index contributed by atoms with van der Waals surface area (Å²) in [6.07, 6.45) is 1.36. The molecule has 1 heterocycles. The molecule has 0 atom stereocenters. The Balaban J connectivity index is 2.39.